The third-order valence-corrected chi connectivity index (χ3v) is 5.01. The molecule has 166 valence electrons. The van der Waals surface area contributed by atoms with Crippen molar-refractivity contribution >= 4 is 29.1 Å². The number of methoxy groups -OCH3 is 1. The van der Waals surface area contributed by atoms with Gasteiger partial charge in [-0.1, -0.05) is 36.4 Å². The molecular weight excluding hydrogens is 426 g/mol. The molecule has 1 N–H and O–H groups in total. The second kappa shape index (κ2) is 9.35. The van der Waals surface area contributed by atoms with Gasteiger partial charge in [-0.05, 0) is 30.3 Å². The first kappa shape index (κ1) is 21.8. The molecule has 1 aliphatic rings. The van der Waals surface area contributed by atoms with E-state index in [9.17, 15) is 19.2 Å². The number of hydrogen-bond donors (Lipinski definition) is 1. The summed E-state index contributed by atoms with van der Waals surface area (Å²) in [5, 5.41) is 2.55. The van der Waals surface area contributed by atoms with Gasteiger partial charge < -0.3 is 19.5 Å². The van der Waals surface area contributed by atoms with Crippen molar-refractivity contribution in [1.82, 2.24) is 0 Å². The van der Waals surface area contributed by atoms with E-state index < -0.39 is 18.5 Å². The highest BCUT2D eigenvalue weighted by molar-refractivity contribution is 6.30. The van der Waals surface area contributed by atoms with Crippen LogP contribution >= 0.6 is 0 Å². The molecule has 0 atom stereocenters. The number of amides is 1. The summed E-state index contributed by atoms with van der Waals surface area (Å²) in [7, 11) is 1.54. The molecule has 8 nitrogen and oxygen atoms in total. The van der Waals surface area contributed by atoms with Gasteiger partial charge in [0.1, 0.15) is 11.5 Å². The fourth-order valence-electron chi connectivity index (χ4n) is 3.44. The van der Waals surface area contributed by atoms with Gasteiger partial charge in [0.25, 0.3) is 5.91 Å². The van der Waals surface area contributed by atoms with Crippen LogP contribution in [0, 0.1) is 0 Å². The van der Waals surface area contributed by atoms with E-state index in [-0.39, 0.29) is 40.6 Å². The molecule has 8 heteroatoms. The normalized spacial score (nSPS) is 11.8. The zero-order chi connectivity index (χ0) is 23.4. The molecule has 0 bridgehead atoms. The molecule has 1 amide bonds. The van der Waals surface area contributed by atoms with E-state index in [0.29, 0.717) is 17.1 Å². The molecule has 0 spiro atoms. The topological polar surface area (TPSA) is 108 Å². The van der Waals surface area contributed by atoms with Crippen molar-refractivity contribution in [1.29, 1.82) is 0 Å². The van der Waals surface area contributed by atoms with Crippen LogP contribution in [0.1, 0.15) is 31.8 Å². The van der Waals surface area contributed by atoms with Crippen molar-refractivity contribution in [3.05, 3.63) is 89.0 Å². The Morgan fingerprint density at radius 1 is 0.758 bits per heavy atom. The molecule has 1 aliphatic carbocycles. The summed E-state index contributed by atoms with van der Waals surface area (Å²) in [6.45, 7) is -0.961. The van der Waals surface area contributed by atoms with Gasteiger partial charge in [-0.25, -0.2) is 4.79 Å². The van der Waals surface area contributed by atoms with Gasteiger partial charge in [0, 0.05) is 16.7 Å². The lowest BCUT2D eigenvalue weighted by Gasteiger charge is -2.20. The summed E-state index contributed by atoms with van der Waals surface area (Å²) in [5.74, 6) is -0.958. The lowest BCUT2D eigenvalue weighted by molar-refractivity contribution is -0.149. The fraction of sp³-hybridized carbons (Fsp3) is 0.120. The van der Waals surface area contributed by atoms with Gasteiger partial charge in [0.15, 0.2) is 24.8 Å². The van der Waals surface area contributed by atoms with Crippen LogP contribution in [-0.2, 0) is 14.3 Å². The van der Waals surface area contributed by atoms with Gasteiger partial charge in [-0.3, -0.25) is 14.4 Å². The summed E-state index contributed by atoms with van der Waals surface area (Å²) in [6.07, 6.45) is 0. The number of esters is 1. The van der Waals surface area contributed by atoms with Crippen LogP contribution in [0.2, 0.25) is 0 Å². The van der Waals surface area contributed by atoms with E-state index in [0.717, 1.165) is 0 Å². The maximum atomic E-state index is 13.0. The van der Waals surface area contributed by atoms with E-state index >= 15 is 0 Å². The Labute approximate surface area is 189 Å². The predicted molar refractivity (Wildman–Crippen MR) is 118 cm³/mol. The average Bonchev–Trinajstić information content (AvgIpc) is 2.85. The molecule has 0 fully saturated rings. The number of benzene rings is 3. The summed E-state index contributed by atoms with van der Waals surface area (Å²) in [5.41, 5.74) is 1.10. The molecule has 4 rings (SSSR count). The molecule has 0 saturated heterocycles. The predicted octanol–water partition coefficient (Wildman–Crippen LogP) is 3.03. The first-order valence-electron chi connectivity index (χ1n) is 10.0. The van der Waals surface area contributed by atoms with Gasteiger partial charge in [-0.2, -0.15) is 0 Å². The number of rotatable bonds is 7. The average molecular weight is 445 g/mol. The standard InChI is InChI=1S/C25H19NO7/c1-31-15-9-11-16(12-10-15)32-14-22(28)33-13-21(27)26-20-8-4-7-19-23(20)25(30)18-6-3-2-5-17(18)24(19)29/h2-12H,13-14H2,1H3,(H,26,27). The SMILES string of the molecule is COc1ccc(OCC(=O)OCC(=O)Nc2cccc3c2C(=O)c2ccccc2C3=O)cc1. The molecule has 0 aliphatic heterocycles. The summed E-state index contributed by atoms with van der Waals surface area (Å²) in [6, 6.07) is 17.8. The lowest BCUT2D eigenvalue weighted by Crippen LogP contribution is -2.26. The quantitative estimate of drug-likeness (QED) is 0.436. The lowest BCUT2D eigenvalue weighted by atomic mass is 9.83. The van der Waals surface area contributed by atoms with Crippen molar-refractivity contribution in [2.45, 2.75) is 0 Å². The Hall–Kier alpha value is -4.46. The molecule has 0 radical (unpaired) electrons. The van der Waals surface area contributed by atoms with Crippen LogP contribution in [0.3, 0.4) is 0 Å². The first-order valence-corrected chi connectivity index (χ1v) is 10.0. The second-order valence-corrected chi connectivity index (χ2v) is 7.11. The van der Waals surface area contributed by atoms with Crippen molar-refractivity contribution in [2.75, 3.05) is 25.6 Å². The number of anilines is 1. The van der Waals surface area contributed by atoms with Gasteiger partial charge in [-0.15, -0.1) is 0 Å². The largest absolute Gasteiger partial charge is 0.497 e. The van der Waals surface area contributed by atoms with Crippen molar-refractivity contribution in [3.8, 4) is 11.5 Å². The maximum absolute atomic E-state index is 13.0. The highest BCUT2D eigenvalue weighted by Crippen LogP contribution is 2.31. The number of hydrogen-bond acceptors (Lipinski definition) is 7. The van der Waals surface area contributed by atoms with Crippen molar-refractivity contribution in [3.63, 3.8) is 0 Å². The van der Waals surface area contributed by atoms with Gasteiger partial charge in [0.2, 0.25) is 0 Å². The van der Waals surface area contributed by atoms with E-state index in [1.54, 1.807) is 54.6 Å². The number of fused-ring (bicyclic) bond motifs is 2. The molecule has 33 heavy (non-hydrogen) atoms. The molecule has 3 aromatic rings. The third-order valence-electron chi connectivity index (χ3n) is 5.01. The second-order valence-electron chi connectivity index (χ2n) is 7.11. The number of nitrogens with one attached hydrogen (secondary N) is 1. The monoisotopic (exact) mass is 445 g/mol. The first-order chi connectivity index (χ1) is 16.0. The Balaban J connectivity index is 1.37. The molecule has 0 aromatic heterocycles. The molecule has 0 saturated carbocycles. The van der Waals surface area contributed by atoms with Crippen LogP contribution in [0.4, 0.5) is 5.69 Å². The van der Waals surface area contributed by atoms with Crippen molar-refractivity contribution < 1.29 is 33.4 Å². The minimum atomic E-state index is -0.740. The van der Waals surface area contributed by atoms with Crippen LogP contribution < -0.4 is 14.8 Å². The van der Waals surface area contributed by atoms with Gasteiger partial charge in [0.05, 0.1) is 18.4 Å². The number of carbonyl (C=O) groups is 4. The Kier molecular flexibility index (Phi) is 6.17. The highest BCUT2D eigenvalue weighted by Gasteiger charge is 2.31. The van der Waals surface area contributed by atoms with Gasteiger partial charge >= 0.3 is 5.97 Å². The Morgan fingerprint density at radius 2 is 1.39 bits per heavy atom. The van der Waals surface area contributed by atoms with E-state index in [1.165, 1.54) is 19.2 Å². The Morgan fingerprint density at radius 3 is 2.09 bits per heavy atom. The molecular formula is C25H19NO7. The Bertz CT molecular complexity index is 1250. The zero-order valence-electron chi connectivity index (χ0n) is 17.6. The molecule has 3 aromatic carbocycles. The van der Waals surface area contributed by atoms with E-state index in [2.05, 4.69) is 5.32 Å². The summed E-state index contributed by atoms with van der Waals surface area (Å²) >= 11 is 0. The zero-order valence-corrected chi connectivity index (χ0v) is 17.6. The van der Waals surface area contributed by atoms with Crippen LogP contribution in [-0.4, -0.2) is 43.8 Å². The van der Waals surface area contributed by atoms with Crippen LogP contribution in [0.25, 0.3) is 0 Å². The minimum absolute atomic E-state index is 0.115. The molecule has 0 unspecified atom stereocenters. The highest BCUT2D eigenvalue weighted by atomic mass is 16.6. The van der Waals surface area contributed by atoms with Crippen LogP contribution in [0.5, 0.6) is 11.5 Å². The minimum Gasteiger partial charge on any atom is -0.497 e. The third kappa shape index (κ3) is 4.59. The number of carbonyl (C=O) groups excluding carboxylic acids is 4. The van der Waals surface area contributed by atoms with E-state index in [1.807, 2.05) is 0 Å². The fourth-order valence-corrected chi connectivity index (χ4v) is 3.44. The van der Waals surface area contributed by atoms with E-state index in [4.69, 9.17) is 14.2 Å². The summed E-state index contributed by atoms with van der Waals surface area (Å²) < 4.78 is 15.3. The number of ether oxygens (including phenoxy) is 3. The maximum Gasteiger partial charge on any atom is 0.344 e. The van der Waals surface area contributed by atoms with Crippen molar-refractivity contribution in [2.24, 2.45) is 0 Å². The summed E-state index contributed by atoms with van der Waals surface area (Å²) in [4.78, 5) is 50.0. The molecule has 0 heterocycles. The van der Waals surface area contributed by atoms with Crippen LogP contribution in [0.15, 0.2) is 66.7 Å². The number of ketones is 2. The smallest absolute Gasteiger partial charge is 0.344 e.